The number of nitro benzene ring substituents is 1. The van der Waals surface area contributed by atoms with Crippen LogP contribution in [0.25, 0.3) is 0 Å². The number of rotatable bonds is 6. The van der Waals surface area contributed by atoms with Crippen LogP contribution in [0.3, 0.4) is 0 Å². The summed E-state index contributed by atoms with van der Waals surface area (Å²) in [5, 5.41) is 13.6. The summed E-state index contributed by atoms with van der Waals surface area (Å²) in [5.41, 5.74) is -0.434. The largest absolute Gasteiger partial charge is 0.493 e. The van der Waals surface area contributed by atoms with Gasteiger partial charge in [-0.2, -0.15) is 0 Å². The van der Waals surface area contributed by atoms with Gasteiger partial charge in [0.2, 0.25) is 0 Å². The molecule has 0 heterocycles. The Morgan fingerprint density at radius 2 is 2.26 bits per heavy atom. The number of carbonyl (C=O) groups excluding carboxylic acids is 1. The molecule has 1 aromatic rings. The summed E-state index contributed by atoms with van der Waals surface area (Å²) in [6, 6.07) is 4.20. The molecule has 0 unspecified atom stereocenters. The van der Waals surface area contributed by atoms with Gasteiger partial charge in [0.05, 0.1) is 18.1 Å². The van der Waals surface area contributed by atoms with E-state index in [9.17, 15) is 14.9 Å². The molecule has 102 valence electrons. The van der Waals surface area contributed by atoms with Gasteiger partial charge in [-0.1, -0.05) is 24.2 Å². The molecule has 1 rings (SSSR count). The number of hydrogen-bond donors (Lipinski definition) is 1. The Hall–Kier alpha value is -2.08. The van der Waals surface area contributed by atoms with Gasteiger partial charge in [-0.15, -0.1) is 0 Å². The van der Waals surface area contributed by atoms with E-state index in [0.29, 0.717) is 6.61 Å². The van der Waals surface area contributed by atoms with E-state index in [1.807, 2.05) is 0 Å². The number of carbonyl (C=O) groups is 1. The van der Waals surface area contributed by atoms with Crippen LogP contribution >= 0.6 is 11.6 Å². The van der Waals surface area contributed by atoms with Crippen molar-refractivity contribution in [2.45, 2.75) is 6.92 Å². The fraction of sp³-hybridized carbons (Fsp3) is 0.250. The number of amides is 1. The van der Waals surface area contributed by atoms with Crippen LogP contribution in [-0.4, -0.2) is 24.0 Å². The Bertz CT molecular complexity index is 516. The van der Waals surface area contributed by atoms with Crippen molar-refractivity contribution < 1.29 is 14.5 Å². The van der Waals surface area contributed by atoms with Gasteiger partial charge in [0.15, 0.2) is 5.56 Å². The molecule has 1 N–H and O–H groups in total. The monoisotopic (exact) mass is 284 g/mol. The molecule has 1 aromatic carbocycles. The molecule has 0 aliphatic rings. The van der Waals surface area contributed by atoms with Crippen LogP contribution in [0, 0.1) is 10.1 Å². The van der Waals surface area contributed by atoms with Crippen molar-refractivity contribution in [3.05, 3.63) is 45.5 Å². The average molecular weight is 285 g/mol. The minimum atomic E-state index is -0.632. The van der Waals surface area contributed by atoms with E-state index >= 15 is 0 Å². The maximum absolute atomic E-state index is 12.0. The molecule has 0 radical (unpaired) electrons. The number of hydrogen-bond acceptors (Lipinski definition) is 4. The SMILES string of the molecule is C=C(Cl)CNC(=O)c1c(OCC)cccc1[N+](=O)[O-]. The van der Waals surface area contributed by atoms with E-state index < -0.39 is 10.8 Å². The molecule has 0 aliphatic heterocycles. The second-order valence-electron chi connectivity index (χ2n) is 3.54. The first-order chi connectivity index (χ1) is 8.97. The normalized spacial score (nSPS) is 9.79. The predicted molar refractivity (Wildman–Crippen MR) is 71.6 cm³/mol. The van der Waals surface area contributed by atoms with Crippen molar-refractivity contribution in [2.75, 3.05) is 13.2 Å². The summed E-state index contributed by atoms with van der Waals surface area (Å²) in [7, 11) is 0. The number of ether oxygens (including phenoxy) is 1. The maximum Gasteiger partial charge on any atom is 0.285 e. The van der Waals surface area contributed by atoms with Gasteiger partial charge in [0.25, 0.3) is 11.6 Å². The third kappa shape index (κ3) is 3.96. The summed E-state index contributed by atoms with van der Waals surface area (Å²) in [6.45, 7) is 5.47. The minimum absolute atomic E-state index is 0.0258. The quantitative estimate of drug-likeness (QED) is 0.643. The first-order valence-corrected chi connectivity index (χ1v) is 5.86. The molecular formula is C12H13ClN2O4. The van der Waals surface area contributed by atoms with Crippen molar-refractivity contribution in [3.63, 3.8) is 0 Å². The topological polar surface area (TPSA) is 81.5 Å². The van der Waals surface area contributed by atoms with Gasteiger partial charge in [-0.3, -0.25) is 14.9 Å². The van der Waals surface area contributed by atoms with Gasteiger partial charge < -0.3 is 10.1 Å². The van der Waals surface area contributed by atoms with E-state index in [2.05, 4.69) is 11.9 Å². The van der Waals surface area contributed by atoms with Gasteiger partial charge in [-0.25, -0.2) is 0 Å². The van der Waals surface area contributed by atoms with Crippen LogP contribution in [0.2, 0.25) is 0 Å². The lowest BCUT2D eigenvalue weighted by molar-refractivity contribution is -0.385. The molecule has 0 bridgehead atoms. The maximum atomic E-state index is 12.0. The number of nitro groups is 1. The zero-order valence-electron chi connectivity index (χ0n) is 10.3. The third-order valence-corrected chi connectivity index (χ3v) is 2.30. The van der Waals surface area contributed by atoms with Crippen molar-refractivity contribution in [1.29, 1.82) is 0 Å². The Kier molecular flexibility index (Phi) is 5.32. The smallest absolute Gasteiger partial charge is 0.285 e. The first-order valence-electron chi connectivity index (χ1n) is 5.49. The lowest BCUT2D eigenvalue weighted by atomic mass is 10.1. The summed E-state index contributed by atoms with van der Waals surface area (Å²) in [5.74, 6) is -0.466. The number of halogens is 1. The van der Waals surface area contributed by atoms with Crippen LogP contribution in [0.4, 0.5) is 5.69 Å². The predicted octanol–water partition coefficient (Wildman–Crippen LogP) is 2.48. The molecule has 6 nitrogen and oxygen atoms in total. The van der Waals surface area contributed by atoms with Gasteiger partial charge in [0.1, 0.15) is 5.75 Å². The van der Waals surface area contributed by atoms with Gasteiger partial charge >= 0.3 is 0 Å². The molecular weight excluding hydrogens is 272 g/mol. The van der Waals surface area contributed by atoms with Crippen molar-refractivity contribution in [1.82, 2.24) is 5.32 Å². The average Bonchev–Trinajstić information content (AvgIpc) is 2.36. The number of nitrogens with zero attached hydrogens (tertiary/aromatic N) is 1. The highest BCUT2D eigenvalue weighted by atomic mass is 35.5. The number of benzene rings is 1. The Labute approximate surface area is 115 Å². The van der Waals surface area contributed by atoms with Crippen molar-refractivity contribution >= 4 is 23.2 Å². The molecule has 0 aliphatic carbocycles. The van der Waals surface area contributed by atoms with Crippen LogP contribution in [0.1, 0.15) is 17.3 Å². The summed E-state index contributed by atoms with van der Waals surface area (Å²) in [6.07, 6.45) is 0. The second-order valence-corrected chi connectivity index (χ2v) is 4.07. The lowest BCUT2D eigenvalue weighted by Gasteiger charge is -2.10. The molecule has 0 atom stereocenters. The van der Waals surface area contributed by atoms with Crippen LogP contribution in [0.15, 0.2) is 29.8 Å². The van der Waals surface area contributed by atoms with E-state index in [1.165, 1.54) is 18.2 Å². The van der Waals surface area contributed by atoms with Crippen molar-refractivity contribution in [3.8, 4) is 5.75 Å². The highest BCUT2D eigenvalue weighted by molar-refractivity contribution is 6.29. The molecule has 0 saturated heterocycles. The molecule has 1 amide bonds. The van der Waals surface area contributed by atoms with Crippen LogP contribution in [0.5, 0.6) is 5.75 Å². The molecule has 0 aromatic heterocycles. The fourth-order valence-electron chi connectivity index (χ4n) is 1.44. The zero-order chi connectivity index (χ0) is 14.4. The summed E-state index contributed by atoms with van der Waals surface area (Å²) >= 11 is 5.54. The van der Waals surface area contributed by atoms with Crippen molar-refractivity contribution in [2.24, 2.45) is 0 Å². The molecule has 0 saturated carbocycles. The van der Waals surface area contributed by atoms with E-state index in [0.717, 1.165) is 0 Å². The standard InChI is InChI=1S/C12H13ClN2O4/c1-3-19-10-6-4-5-9(15(17)18)11(10)12(16)14-7-8(2)13/h4-6H,2-3,7H2,1H3,(H,14,16). The van der Waals surface area contributed by atoms with E-state index in [-0.39, 0.29) is 28.6 Å². The first kappa shape index (κ1) is 15.0. The Morgan fingerprint density at radius 1 is 1.58 bits per heavy atom. The zero-order valence-corrected chi connectivity index (χ0v) is 11.1. The highest BCUT2D eigenvalue weighted by Crippen LogP contribution is 2.28. The minimum Gasteiger partial charge on any atom is -0.493 e. The van der Waals surface area contributed by atoms with Gasteiger partial charge in [-0.05, 0) is 13.0 Å². The summed E-state index contributed by atoms with van der Waals surface area (Å²) in [4.78, 5) is 22.3. The Balaban J connectivity index is 3.16. The molecule has 19 heavy (non-hydrogen) atoms. The molecule has 7 heteroatoms. The van der Waals surface area contributed by atoms with Crippen LogP contribution in [-0.2, 0) is 0 Å². The summed E-state index contributed by atoms with van der Waals surface area (Å²) < 4.78 is 5.24. The highest BCUT2D eigenvalue weighted by Gasteiger charge is 2.24. The van der Waals surface area contributed by atoms with E-state index in [1.54, 1.807) is 6.92 Å². The van der Waals surface area contributed by atoms with E-state index in [4.69, 9.17) is 16.3 Å². The second kappa shape index (κ2) is 6.75. The Morgan fingerprint density at radius 3 is 2.79 bits per heavy atom. The third-order valence-electron chi connectivity index (χ3n) is 2.17. The number of nitrogens with one attached hydrogen (secondary N) is 1. The fourth-order valence-corrected chi connectivity index (χ4v) is 1.51. The van der Waals surface area contributed by atoms with Gasteiger partial charge in [0, 0.05) is 11.1 Å². The molecule has 0 spiro atoms. The van der Waals surface area contributed by atoms with Crippen LogP contribution < -0.4 is 10.1 Å². The molecule has 0 fully saturated rings. The lowest BCUT2D eigenvalue weighted by Crippen LogP contribution is -2.26.